The van der Waals surface area contributed by atoms with Crippen molar-refractivity contribution in [3.8, 4) is 0 Å². The number of halogens is 2. The van der Waals surface area contributed by atoms with Crippen molar-refractivity contribution in [2.45, 2.75) is 46.6 Å². The lowest BCUT2D eigenvalue weighted by atomic mass is 9.94. The number of nitrogens with one attached hydrogen (secondary N) is 1. The van der Waals surface area contributed by atoms with Gasteiger partial charge in [-0.3, -0.25) is 4.79 Å². The minimum absolute atomic E-state index is 0.0941. The van der Waals surface area contributed by atoms with E-state index in [0.29, 0.717) is 22.4 Å². The molecule has 1 fully saturated rings. The highest BCUT2D eigenvalue weighted by Gasteiger charge is 2.36. The van der Waals surface area contributed by atoms with E-state index in [0.717, 1.165) is 54.3 Å². The molecule has 3 heterocycles. The Hall–Kier alpha value is -3.20. The van der Waals surface area contributed by atoms with Crippen LogP contribution in [0.2, 0.25) is 10.0 Å². The predicted octanol–water partition coefficient (Wildman–Crippen LogP) is 5.41. The highest BCUT2D eigenvalue weighted by atomic mass is 35.5. The number of amides is 1. The molecule has 1 atom stereocenters. The van der Waals surface area contributed by atoms with Gasteiger partial charge < -0.3 is 16.0 Å². The van der Waals surface area contributed by atoms with E-state index in [9.17, 15) is 4.79 Å². The van der Waals surface area contributed by atoms with Crippen molar-refractivity contribution in [1.82, 2.24) is 15.2 Å². The monoisotopic (exact) mass is 569 g/mol. The van der Waals surface area contributed by atoms with Crippen LogP contribution in [0.4, 0.5) is 0 Å². The molecule has 8 nitrogen and oxygen atoms in total. The zero-order chi connectivity index (χ0) is 28.6. The quantitative estimate of drug-likeness (QED) is 0.513. The highest BCUT2D eigenvalue weighted by Crippen LogP contribution is 2.31. The molecule has 2 aromatic carbocycles. The number of hydrogen-bond acceptors (Lipinski definition) is 7. The fourth-order valence-electron chi connectivity index (χ4n) is 4.59. The fourth-order valence-corrected chi connectivity index (χ4v) is 4.94. The second kappa shape index (κ2) is 13.7. The second-order valence-corrected chi connectivity index (χ2v) is 10.2. The Morgan fingerprint density at radius 2 is 1.77 bits per heavy atom. The van der Waals surface area contributed by atoms with E-state index < -0.39 is 0 Å². The molecule has 5 rings (SSSR count). The Morgan fingerprint density at radius 1 is 1.10 bits per heavy atom. The third kappa shape index (κ3) is 7.68. The standard InChI is InChI=1S/C25H26Cl2N6.C2H5NO.C2H6/c1-3-28-25(2)12-13-32(16-25)23-15-33-22(29-30-23)14-20(17-8-10-18(26)11-9-17)24(31-33)19-6-4-5-7-21(19)27;1-2(3)4;1-2/h4-11,14,28H,3,12-13,15-16H2,1-2H3;1H3,(H2,3,4);1-2H3. The smallest absolute Gasteiger partial charge is 0.214 e. The first kappa shape index (κ1) is 30.3. The van der Waals surface area contributed by atoms with Gasteiger partial charge in [0, 0.05) is 41.7 Å². The van der Waals surface area contributed by atoms with Crippen molar-refractivity contribution in [3.05, 3.63) is 75.8 Å². The van der Waals surface area contributed by atoms with E-state index in [-0.39, 0.29) is 11.4 Å². The van der Waals surface area contributed by atoms with Crippen molar-refractivity contribution in [2.75, 3.05) is 26.2 Å². The van der Waals surface area contributed by atoms with Crippen LogP contribution in [-0.2, 0) is 4.79 Å². The molecule has 0 aliphatic carbocycles. The highest BCUT2D eigenvalue weighted by molar-refractivity contribution is 6.42. The van der Waals surface area contributed by atoms with E-state index in [1.165, 1.54) is 6.92 Å². The number of nitrogens with two attached hydrogens (primary N) is 1. The summed E-state index contributed by atoms with van der Waals surface area (Å²) in [6.07, 6.45) is 3.10. The van der Waals surface area contributed by atoms with Gasteiger partial charge in [0.05, 0.1) is 5.02 Å². The number of rotatable bonds is 4. The molecule has 2 aromatic rings. The van der Waals surface area contributed by atoms with Gasteiger partial charge in [0.2, 0.25) is 5.91 Å². The van der Waals surface area contributed by atoms with E-state index in [2.05, 4.69) is 40.0 Å². The minimum atomic E-state index is -0.333. The van der Waals surface area contributed by atoms with E-state index in [4.69, 9.17) is 28.3 Å². The van der Waals surface area contributed by atoms with Crippen LogP contribution in [0, 0.1) is 0 Å². The summed E-state index contributed by atoms with van der Waals surface area (Å²) in [7, 11) is 0. The lowest BCUT2D eigenvalue weighted by Gasteiger charge is -2.32. The molecular weight excluding hydrogens is 533 g/mol. The molecular formula is C29H37Cl2N7O. The van der Waals surface area contributed by atoms with E-state index in [1.54, 1.807) is 0 Å². The Labute approximate surface area is 241 Å². The number of primary amides is 1. The Kier molecular flexibility index (Phi) is 10.7. The number of nitrogens with zero attached hydrogens (tertiary/aromatic N) is 5. The Balaban J connectivity index is 0.000000644. The maximum absolute atomic E-state index is 9.22. The molecule has 1 saturated heterocycles. The average Bonchev–Trinajstić information content (AvgIpc) is 3.31. The number of fused-ring (bicyclic) bond motifs is 1. The molecule has 208 valence electrons. The van der Waals surface area contributed by atoms with Crippen LogP contribution in [0.15, 0.2) is 69.9 Å². The molecule has 0 aromatic heterocycles. The van der Waals surface area contributed by atoms with Crippen LogP contribution in [-0.4, -0.2) is 64.9 Å². The van der Waals surface area contributed by atoms with Crippen LogP contribution in [0.5, 0.6) is 0 Å². The normalized spacial score (nSPS) is 19.8. The third-order valence-corrected chi connectivity index (χ3v) is 6.88. The molecule has 10 heteroatoms. The minimum Gasteiger partial charge on any atom is -0.370 e. The van der Waals surface area contributed by atoms with Crippen LogP contribution < -0.4 is 11.1 Å². The van der Waals surface area contributed by atoms with Crippen LogP contribution in [0.3, 0.4) is 0 Å². The van der Waals surface area contributed by atoms with Gasteiger partial charge in [-0.05, 0) is 49.7 Å². The summed E-state index contributed by atoms with van der Waals surface area (Å²) >= 11 is 12.7. The van der Waals surface area contributed by atoms with E-state index >= 15 is 0 Å². The SMILES string of the molecule is CC.CC(N)=O.CCNC1(C)CCN(C2=NN=C3C=C(c4ccc(Cl)cc4)C(c4ccccc4Cl)=NN3C2)C1. The summed E-state index contributed by atoms with van der Waals surface area (Å²) in [4.78, 5) is 11.5. The Morgan fingerprint density at radius 3 is 2.41 bits per heavy atom. The largest absolute Gasteiger partial charge is 0.370 e. The zero-order valence-electron chi connectivity index (χ0n) is 23.2. The molecule has 3 aliphatic rings. The van der Waals surface area contributed by atoms with Gasteiger partial charge in [-0.15, -0.1) is 10.2 Å². The molecule has 0 bridgehead atoms. The number of hydrogen-bond donors (Lipinski definition) is 2. The molecule has 3 N–H and O–H groups in total. The molecule has 0 saturated carbocycles. The van der Waals surface area contributed by atoms with Gasteiger partial charge in [0.15, 0.2) is 5.84 Å². The third-order valence-electron chi connectivity index (χ3n) is 6.30. The summed E-state index contributed by atoms with van der Waals surface area (Å²) in [5.41, 5.74) is 8.19. The van der Waals surface area contributed by atoms with Crippen molar-refractivity contribution >= 4 is 52.1 Å². The second-order valence-electron chi connectivity index (χ2n) is 9.40. The number of likely N-dealkylation sites (tertiary alicyclic amines) is 1. The van der Waals surface area contributed by atoms with Crippen LogP contribution in [0.1, 0.15) is 52.2 Å². The maximum Gasteiger partial charge on any atom is 0.214 e. The molecule has 39 heavy (non-hydrogen) atoms. The van der Waals surface area contributed by atoms with Gasteiger partial charge in [-0.25, -0.2) is 5.01 Å². The van der Waals surface area contributed by atoms with Gasteiger partial charge in [0.25, 0.3) is 0 Å². The average molecular weight is 571 g/mol. The summed E-state index contributed by atoms with van der Waals surface area (Å²) < 4.78 is 0. The first-order valence-corrected chi connectivity index (χ1v) is 13.9. The van der Waals surface area contributed by atoms with Gasteiger partial charge in [-0.1, -0.05) is 74.3 Å². The molecule has 1 amide bonds. The van der Waals surface area contributed by atoms with Crippen molar-refractivity contribution in [3.63, 3.8) is 0 Å². The van der Waals surface area contributed by atoms with E-state index in [1.807, 2.05) is 73.5 Å². The number of carbonyl (C=O) groups is 1. The topological polar surface area (TPSA) is 98.7 Å². The summed E-state index contributed by atoms with van der Waals surface area (Å²) in [6.45, 7) is 13.1. The molecule has 0 spiro atoms. The first-order chi connectivity index (χ1) is 18.7. The van der Waals surface area contributed by atoms with Crippen molar-refractivity contribution in [2.24, 2.45) is 21.0 Å². The van der Waals surface area contributed by atoms with Crippen LogP contribution in [0.25, 0.3) is 5.57 Å². The van der Waals surface area contributed by atoms with Crippen molar-refractivity contribution < 1.29 is 4.79 Å². The van der Waals surface area contributed by atoms with Gasteiger partial charge in [0.1, 0.15) is 18.1 Å². The molecule has 3 aliphatic heterocycles. The maximum atomic E-state index is 9.22. The molecule has 0 radical (unpaired) electrons. The fraction of sp³-hybridized carbons (Fsp3) is 0.379. The zero-order valence-corrected chi connectivity index (χ0v) is 24.7. The lowest BCUT2D eigenvalue weighted by molar-refractivity contribution is -0.115. The summed E-state index contributed by atoms with van der Waals surface area (Å²) in [5.74, 6) is 1.32. The number of amidine groups is 2. The Bertz CT molecular complexity index is 1280. The first-order valence-electron chi connectivity index (χ1n) is 13.2. The number of allylic oxidation sites excluding steroid dienone is 1. The van der Waals surface area contributed by atoms with Gasteiger partial charge in [-0.2, -0.15) is 5.10 Å². The predicted molar refractivity (Wildman–Crippen MR) is 163 cm³/mol. The van der Waals surface area contributed by atoms with Crippen molar-refractivity contribution in [1.29, 1.82) is 0 Å². The number of likely N-dealkylation sites (N-methyl/N-ethyl adjacent to an activating group) is 1. The summed E-state index contributed by atoms with van der Waals surface area (Å²) in [5, 5.41) is 21.0. The van der Waals surface area contributed by atoms with Crippen LogP contribution >= 0.6 is 23.2 Å². The van der Waals surface area contributed by atoms with Gasteiger partial charge >= 0.3 is 0 Å². The number of hydrazone groups is 1. The summed E-state index contributed by atoms with van der Waals surface area (Å²) in [6, 6.07) is 15.5. The lowest BCUT2D eigenvalue weighted by Crippen LogP contribution is -2.48. The molecule has 1 unspecified atom stereocenters. The number of carbonyl (C=O) groups excluding carboxylic acids is 1. The number of benzene rings is 2.